The summed E-state index contributed by atoms with van der Waals surface area (Å²) >= 11 is 2.94. The first-order chi connectivity index (χ1) is 8.63. The van der Waals surface area contributed by atoms with Gasteiger partial charge in [-0.3, -0.25) is 0 Å². The van der Waals surface area contributed by atoms with Crippen molar-refractivity contribution in [1.82, 2.24) is 9.62 Å². The lowest BCUT2D eigenvalue weighted by Gasteiger charge is -2.18. The van der Waals surface area contributed by atoms with Gasteiger partial charge in [-0.05, 0) is 49.1 Å². The Morgan fingerprint density at radius 3 is 2.58 bits per heavy atom. The molecular formula is C11H17BrFN3O2S. The highest BCUT2D eigenvalue weighted by molar-refractivity contribution is 9.10. The van der Waals surface area contributed by atoms with Crippen LogP contribution in [0.4, 0.5) is 10.1 Å². The molecule has 0 amide bonds. The molecule has 3 N–H and O–H groups in total. The number of hydrogen-bond donors (Lipinski definition) is 2. The van der Waals surface area contributed by atoms with E-state index in [9.17, 15) is 12.8 Å². The molecule has 108 valence electrons. The van der Waals surface area contributed by atoms with Crippen LogP contribution in [0.15, 0.2) is 21.5 Å². The van der Waals surface area contributed by atoms with Gasteiger partial charge in [-0.1, -0.05) is 0 Å². The summed E-state index contributed by atoms with van der Waals surface area (Å²) < 4.78 is 40.5. The summed E-state index contributed by atoms with van der Waals surface area (Å²) in [5.41, 5.74) is 5.71. The molecule has 1 aromatic carbocycles. The van der Waals surface area contributed by atoms with Crippen LogP contribution in [0.2, 0.25) is 0 Å². The van der Waals surface area contributed by atoms with Crippen molar-refractivity contribution in [3.05, 3.63) is 22.4 Å². The number of likely N-dealkylation sites (N-methyl/N-ethyl adjacent to an activating group) is 1. The monoisotopic (exact) mass is 353 g/mol. The van der Waals surface area contributed by atoms with E-state index < -0.39 is 20.7 Å². The number of nitrogens with one attached hydrogen (secondary N) is 1. The van der Waals surface area contributed by atoms with E-state index >= 15 is 0 Å². The fourth-order valence-corrected chi connectivity index (χ4v) is 3.67. The number of anilines is 1. The summed E-state index contributed by atoms with van der Waals surface area (Å²) in [6.45, 7) is 2.21. The van der Waals surface area contributed by atoms with E-state index in [1.807, 2.05) is 19.0 Å². The number of rotatable bonds is 5. The SMILES string of the molecule is CC(CN(C)C)NS(=O)(=O)c1cc(N)cc(Br)c1F. The second kappa shape index (κ2) is 6.17. The maximum absolute atomic E-state index is 13.9. The van der Waals surface area contributed by atoms with E-state index in [2.05, 4.69) is 20.7 Å². The van der Waals surface area contributed by atoms with Crippen molar-refractivity contribution >= 4 is 31.6 Å². The molecule has 0 fully saturated rings. The minimum Gasteiger partial charge on any atom is -0.399 e. The van der Waals surface area contributed by atoms with Gasteiger partial charge in [-0.2, -0.15) is 0 Å². The predicted octanol–water partition coefficient (Wildman–Crippen LogP) is 1.40. The van der Waals surface area contributed by atoms with Crippen molar-refractivity contribution in [1.29, 1.82) is 0 Å². The van der Waals surface area contributed by atoms with Gasteiger partial charge >= 0.3 is 0 Å². The molecule has 1 atom stereocenters. The van der Waals surface area contributed by atoms with Gasteiger partial charge in [0.25, 0.3) is 0 Å². The average Bonchev–Trinajstić information content (AvgIpc) is 2.20. The molecule has 0 spiro atoms. The van der Waals surface area contributed by atoms with Crippen molar-refractivity contribution in [2.75, 3.05) is 26.4 Å². The van der Waals surface area contributed by atoms with E-state index in [0.717, 1.165) is 6.07 Å². The zero-order chi connectivity index (χ0) is 14.8. The van der Waals surface area contributed by atoms with Crippen LogP contribution in [0.1, 0.15) is 6.92 Å². The van der Waals surface area contributed by atoms with Gasteiger partial charge in [0.1, 0.15) is 4.90 Å². The molecule has 1 unspecified atom stereocenters. The Balaban J connectivity index is 3.07. The Labute approximate surface area is 121 Å². The lowest BCUT2D eigenvalue weighted by atomic mass is 10.3. The summed E-state index contributed by atoms with van der Waals surface area (Å²) in [6, 6.07) is 2.07. The Morgan fingerprint density at radius 2 is 2.05 bits per heavy atom. The van der Waals surface area contributed by atoms with Crippen LogP contribution < -0.4 is 10.5 Å². The van der Waals surface area contributed by atoms with Crippen LogP contribution in [-0.2, 0) is 10.0 Å². The summed E-state index contributed by atoms with van der Waals surface area (Å²) in [6.07, 6.45) is 0. The van der Waals surface area contributed by atoms with Gasteiger partial charge in [-0.15, -0.1) is 0 Å². The first-order valence-electron chi connectivity index (χ1n) is 5.55. The third kappa shape index (κ3) is 4.41. The fraction of sp³-hybridized carbons (Fsp3) is 0.455. The van der Waals surface area contributed by atoms with Crippen LogP contribution in [-0.4, -0.2) is 40.0 Å². The number of sulfonamides is 1. The highest BCUT2D eigenvalue weighted by atomic mass is 79.9. The quantitative estimate of drug-likeness (QED) is 0.784. The van der Waals surface area contributed by atoms with E-state index in [1.54, 1.807) is 6.92 Å². The van der Waals surface area contributed by atoms with Crippen molar-refractivity contribution in [3.63, 3.8) is 0 Å². The first kappa shape index (κ1) is 16.4. The maximum Gasteiger partial charge on any atom is 0.243 e. The minimum atomic E-state index is -3.94. The van der Waals surface area contributed by atoms with E-state index in [-0.39, 0.29) is 16.2 Å². The number of benzene rings is 1. The third-order valence-corrected chi connectivity index (χ3v) is 4.47. The molecule has 0 saturated heterocycles. The summed E-state index contributed by atoms with van der Waals surface area (Å²) in [7, 11) is -0.299. The molecular weight excluding hydrogens is 337 g/mol. The van der Waals surface area contributed by atoms with Crippen LogP contribution >= 0.6 is 15.9 Å². The molecule has 19 heavy (non-hydrogen) atoms. The first-order valence-corrected chi connectivity index (χ1v) is 7.82. The normalized spacial score (nSPS) is 13.8. The van der Waals surface area contributed by atoms with Gasteiger partial charge in [0.15, 0.2) is 5.82 Å². The van der Waals surface area contributed by atoms with Crippen LogP contribution in [0.5, 0.6) is 0 Å². The fourth-order valence-electron chi connectivity index (χ4n) is 1.69. The molecule has 1 aromatic rings. The van der Waals surface area contributed by atoms with Gasteiger partial charge in [0.2, 0.25) is 10.0 Å². The Morgan fingerprint density at radius 1 is 1.47 bits per heavy atom. The number of hydrogen-bond acceptors (Lipinski definition) is 4. The average molecular weight is 354 g/mol. The lowest BCUT2D eigenvalue weighted by Crippen LogP contribution is -2.39. The van der Waals surface area contributed by atoms with Crippen LogP contribution in [0, 0.1) is 5.82 Å². The molecule has 0 saturated carbocycles. The third-order valence-electron chi connectivity index (χ3n) is 2.30. The highest BCUT2D eigenvalue weighted by Gasteiger charge is 2.23. The van der Waals surface area contributed by atoms with Crippen molar-refractivity contribution in [2.24, 2.45) is 0 Å². The van der Waals surface area contributed by atoms with Gasteiger partial charge < -0.3 is 10.6 Å². The Hall–Kier alpha value is -0.700. The van der Waals surface area contributed by atoms with Gasteiger partial charge in [0.05, 0.1) is 4.47 Å². The van der Waals surface area contributed by atoms with Gasteiger partial charge in [0, 0.05) is 18.3 Å². The second-order valence-electron chi connectivity index (χ2n) is 4.60. The zero-order valence-corrected chi connectivity index (χ0v) is 13.3. The predicted molar refractivity (Wildman–Crippen MR) is 76.8 cm³/mol. The molecule has 0 bridgehead atoms. The summed E-state index contributed by atoms with van der Waals surface area (Å²) in [4.78, 5) is 1.38. The molecule has 0 heterocycles. The molecule has 0 aliphatic rings. The van der Waals surface area contributed by atoms with E-state index in [4.69, 9.17) is 5.73 Å². The lowest BCUT2D eigenvalue weighted by molar-refractivity contribution is 0.370. The molecule has 0 aliphatic heterocycles. The maximum atomic E-state index is 13.9. The molecule has 5 nitrogen and oxygen atoms in total. The molecule has 1 rings (SSSR count). The number of halogens is 2. The number of nitrogens with zero attached hydrogens (tertiary/aromatic N) is 1. The Kier molecular flexibility index (Phi) is 5.31. The summed E-state index contributed by atoms with van der Waals surface area (Å²) in [5, 5.41) is 0. The smallest absolute Gasteiger partial charge is 0.243 e. The zero-order valence-electron chi connectivity index (χ0n) is 10.9. The van der Waals surface area contributed by atoms with Crippen LogP contribution in [0.3, 0.4) is 0 Å². The topological polar surface area (TPSA) is 75.4 Å². The largest absolute Gasteiger partial charge is 0.399 e. The van der Waals surface area contributed by atoms with Crippen molar-refractivity contribution < 1.29 is 12.8 Å². The van der Waals surface area contributed by atoms with Crippen molar-refractivity contribution in [2.45, 2.75) is 17.9 Å². The standard InChI is InChI=1S/C11H17BrFN3O2S/c1-7(6-16(2)3)15-19(17,18)10-5-8(14)4-9(12)11(10)13/h4-5,7,15H,6,14H2,1-3H3. The minimum absolute atomic E-state index is 0.0214. The van der Waals surface area contributed by atoms with Crippen molar-refractivity contribution in [3.8, 4) is 0 Å². The second-order valence-corrected chi connectivity index (χ2v) is 7.14. The summed E-state index contributed by atoms with van der Waals surface area (Å²) in [5.74, 6) is -0.848. The van der Waals surface area contributed by atoms with Crippen LogP contribution in [0.25, 0.3) is 0 Å². The Bertz CT molecular complexity index is 563. The molecule has 0 radical (unpaired) electrons. The number of nitrogen functional groups attached to an aromatic ring is 1. The highest BCUT2D eigenvalue weighted by Crippen LogP contribution is 2.26. The molecule has 0 aliphatic carbocycles. The molecule has 8 heteroatoms. The number of nitrogens with two attached hydrogens (primary N) is 1. The van der Waals surface area contributed by atoms with E-state index in [1.165, 1.54) is 6.07 Å². The van der Waals surface area contributed by atoms with Gasteiger partial charge in [-0.25, -0.2) is 17.5 Å². The van der Waals surface area contributed by atoms with E-state index in [0.29, 0.717) is 6.54 Å². The molecule has 0 aromatic heterocycles.